The summed E-state index contributed by atoms with van der Waals surface area (Å²) >= 11 is 1.62. The minimum atomic E-state index is -1.05. The van der Waals surface area contributed by atoms with Crippen LogP contribution in [0, 0.1) is 6.92 Å². The molecule has 16 heavy (non-hydrogen) atoms. The van der Waals surface area contributed by atoms with E-state index >= 15 is 0 Å². The van der Waals surface area contributed by atoms with Crippen LogP contribution in [-0.4, -0.2) is 9.19 Å². The van der Waals surface area contributed by atoms with Crippen LogP contribution in [0.25, 0.3) is 0 Å². The van der Waals surface area contributed by atoms with Crippen LogP contribution in [0.5, 0.6) is 0 Å². The number of hydrogen-bond donors (Lipinski definition) is 0. The van der Waals surface area contributed by atoms with Crippen molar-refractivity contribution in [3.63, 3.8) is 0 Å². The number of aromatic nitrogens is 1. The van der Waals surface area contributed by atoms with Crippen molar-refractivity contribution in [1.82, 2.24) is 4.98 Å². The monoisotopic (exact) mass is 255 g/mol. The van der Waals surface area contributed by atoms with E-state index in [0.29, 0.717) is 5.75 Å². The summed E-state index contributed by atoms with van der Waals surface area (Å²) in [5.74, 6) is 1.20. The molecular formula is C11H13NO2S2. The molecule has 0 N–H and O–H groups in total. The minimum Gasteiger partial charge on any atom is -0.468 e. The summed E-state index contributed by atoms with van der Waals surface area (Å²) in [5, 5.41) is 3.07. The van der Waals surface area contributed by atoms with Gasteiger partial charge in [-0.25, -0.2) is 4.98 Å². The Morgan fingerprint density at radius 2 is 2.38 bits per heavy atom. The molecule has 5 heteroatoms. The Balaban J connectivity index is 2.11. The maximum atomic E-state index is 12.0. The highest BCUT2D eigenvalue weighted by Crippen LogP contribution is 2.18. The van der Waals surface area contributed by atoms with Gasteiger partial charge in [0.05, 0.1) is 38.4 Å². The van der Waals surface area contributed by atoms with Gasteiger partial charge in [-0.3, -0.25) is 4.21 Å². The van der Waals surface area contributed by atoms with Gasteiger partial charge in [0.2, 0.25) is 0 Å². The number of thiazole rings is 1. The predicted octanol–water partition coefficient (Wildman–Crippen LogP) is 2.91. The van der Waals surface area contributed by atoms with Gasteiger partial charge in [0.1, 0.15) is 5.76 Å². The molecule has 0 radical (unpaired) electrons. The van der Waals surface area contributed by atoms with Crippen molar-refractivity contribution >= 4 is 22.1 Å². The highest BCUT2D eigenvalue weighted by atomic mass is 32.2. The first-order valence-electron chi connectivity index (χ1n) is 5.06. The molecule has 0 saturated carbocycles. The van der Waals surface area contributed by atoms with E-state index in [1.54, 1.807) is 23.7 Å². The fourth-order valence-corrected chi connectivity index (χ4v) is 3.40. The van der Waals surface area contributed by atoms with E-state index in [-0.39, 0.29) is 0 Å². The standard InChI is InChI=1S/C11H13NO2S2/c1-3-11-12-9(6-15-11)7-16(13)10-4-5-14-8(10)2/h4-6H,3,7H2,1-2H3. The minimum absolute atomic E-state index is 0.469. The van der Waals surface area contributed by atoms with Gasteiger partial charge < -0.3 is 4.42 Å². The number of aryl methyl sites for hydroxylation is 2. The van der Waals surface area contributed by atoms with Gasteiger partial charge in [-0.15, -0.1) is 11.3 Å². The molecule has 86 valence electrons. The van der Waals surface area contributed by atoms with E-state index in [1.165, 1.54) is 0 Å². The molecular weight excluding hydrogens is 242 g/mol. The van der Waals surface area contributed by atoms with Gasteiger partial charge in [0, 0.05) is 5.38 Å². The van der Waals surface area contributed by atoms with E-state index in [2.05, 4.69) is 11.9 Å². The highest BCUT2D eigenvalue weighted by molar-refractivity contribution is 7.84. The highest BCUT2D eigenvalue weighted by Gasteiger charge is 2.12. The number of rotatable bonds is 4. The van der Waals surface area contributed by atoms with Gasteiger partial charge in [-0.2, -0.15) is 0 Å². The summed E-state index contributed by atoms with van der Waals surface area (Å²) in [6.07, 6.45) is 2.50. The molecule has 0 bridgehead atoms. The normalized spacial score (nSPS) is 12.9. The molecule has 2 heterocycles. The van der Waals surface area contributed by atoms with E-state index in [4.69, 9.17) is 4.42 Å². The van der Waals surface area contributed by atoms with Crippen LogP contribution in [0.3, 0.4) is 0 Å². The lowest BCUT2D eigenvalue weighted by Gasteiger charge is -1.97. The summed E-state index contributed by atoms with van der Waals surface area (Å²) in [7, 11) is -1.05. The summed E-state index contributed by atoms with van der Waals surface area (Å²) in [6.45, 7) is 3.89. The Bertz CT molecular complexity index is 502. The Morgan fingerprint density at radius 1 is 1.56 bits per heavy atom. The molecule has 0 aliphatic rings. The van der Waals surface area contributed by atoms with Crippen molar-refractivity contribution in [3.8, 4) is 0 Å². The van der Waals surface area contributed by atoms with Crippen LogP contribution in [0.2, 0.25) is 0 Å². The second-order valence-corrected chi connectivity index (χ2v) is 5.78. The SMILES string of the molecule is CCc1nc(CS(=O)c2ccoc2C)cs1. The molecule has 0 aliphatic carbocycles. The molecule has 1 atom stereocenters. The van der Waals surface area contributed by atoms with Crippen molar-refractivity contribution < 1.29 is 8.63 Å². The van der Waals surface area contributed by atoms with Crippen LogP contribution in [0.4, 0.5) is 0 Å². The maximum absolute atomic E-state index is 12.0. The third kappa shape index (κ3) is 2.41. The first-order valence-corrected chi connectivity index (χ1v) is 7.26. The Labute approximate surface area is 101 Å². The zero-order valence-electron chi connectivity index (χ0n) is 9.23. The molecule has 2 aromatic heterocycles. The molecule has 2 aromatic rings. The Morgan fingerprint density at radius 3 is 2.94 bits per heavy atom. The first kappa shape index (κ1) is 11.5. The van der Waals surface area contributed by atoms with Gasteiger partial charge in [0.15, 0.2) is 0 Å². The third-order valence-electron chi connectivity index (χ3n) is 2.24. The van der Waals surface area contributed by atoms with Crippen molar-refractivity contribution in [1.29, 1.82) is 0 Å². The maximum Gasteiger partial charge on any atom is 0.116 e. The molecule has 2 rings (SSSR count). The second kappa shape index (κ2) is 4.93. The van der Waals surface area contributed by atoms with E-state index < -0.39 is 10.8 Å². The molecule has 3 nitrogen and oxygen atoms in total. The van der Waals surface area contributed by atoms with Gasteiger partial charge in [-0.1, -0.05) is 6.92 Å². The summed E-state index contributed by atoms with van der Waals surface area (Å²) in [5.41, 5.74) is 0.904. The van der Waals surface area contributed by atoms with Gasteiger partial charge >= 0.3 is 0 Å². The molecule has 0 aliphatic heterocycles. The topological polar surface area (TPSA) is 43.1 Å². The third-order valence-corrected chi connectivity index (χ3v) is 4.75. The lowest BCUT2D eigenvalue weighted by molar-refractivity contribution is 0.526. The lowest BCUT2D eigenvalue weighted by atomic mass is 10.5. The molecule has 0 spiro atoms. The van der Waals surface area contributed by atoms with Crippen LogP contribution in [0.1, 0.15) is 23.4 Å². The quantitative estimate of drug-likeness (QED) is 0.843. The van der Waals surface area contributed by atoms with Crippen LogP contribution in [0.15, 0.2) is 27.0 Å². The molecule has 0 fully saturated rings. The largest absolute Gasteiger partial charge is 0.468 e. The van der Waals surface area contributed by atoms with Crippen molar-refractivity contribution in [2.75, 3.05) is 0 Å². The first-order chi connectivity index (χ1) is 7.70. The fourth-order valence-electron chi connectivity index (χ4n) is 1.40. The van der Waals surface area contributed by atoms with E-state index in [1.807, 2.05) is 12.3 Å². The van der Waals surface area contributed by atoms with E-state index in [0.717, 1.165) is 27.8 Å². The summed E-state index contributed by atoms with van der Waals surface area (Å²) < 4.78 is 17.1. The second-order valence-electron chi connectivity index (χ2n) is 3.42. The number of nitrogens with zero attached hydrogens (tertiary/aromatic N) is 1. The zero-order valence-corrected chi connectivity index (χ0v) is 10.9. The van der Waals surface area contributed by atoms with Crippen molar-refractivity contribution in [3.05, 3.63) is 34.2 Å². The molecule has 0 aromatic carbocycles. The lowest BCUT2D eigenvalue weighted by Crippen LogP contribution is -1.97. The number of furan rings is 1. The average Bonchev–Trinajstić information content (AvgIpc) is 2.86. The zero-order chi connectivity index (χ0) is 11.5. The van der Waals surface area contributed by atoms with Gasteiger partial charge in [0.25, 0.3) is 0 Å². The van der Waals surface area contributed by atoms with Crippen LogP contribution >= 0.6 is 11.3 Å². The van der Waals surface area contributed by atoms with E-state index in [9.17, 15) is 4.21 Å². The van der Waals surface area contributed by atoms with Crippen molar-refractivity contribution in [2.24, 2.45) is 0 Å². The fraction of sp³-hybridized carbons (Fsp3) is 0.364. The van der Waals surface area contributed by atoms with Crippen LogP contribution in [-0.2, 0) is 23.0 Å². The molecule has 1 unspecified atom stereocenters. The van der Waals surface area contributed by atoms with Crippen LogP contribution < -0.4 is 0 Å². The smallest absolute Gasteiger partial charge is 0.116 e. The molecule has 0 amide bonds. The predicted molar refractivity (Wildman–Crippen MR) is 65.0 cm³/mol. The molecule has 0 saturated heterocycles. The summed E-state index contributed by atoms with van der Waals surface area (Å²) in [6, 6.07) is 1.76. The average molecular weight is 255 g/mol. The summed E-state index contributed by atoms with van der Waals surface area (Å²) in [4.78, 5) is 5.17. The van der Waals surface area contributed by atoms with Gasteiger partial charge in [-0.05, 0) is 19.4 Å². The number of hydrogen-bond acceptors (Lipinski definition) is 4. The Kier molecular flexibility index (Phi) is 3.56. The van der Waals surface area contributed by atoms with Crippen molar-refractivity contribution in [2.45, 2.75) is 30.9 Å². The Hall–Kier alpha value is -0.940.